The summed E-state index contributed by atoms with van der Waals surface area (Å²) in [5.74, 6) is -0.318. The molecule has 1 aliphatic rings. The van der Waals surface area contributed by atoms with E-state index in [9.17, 15) is 19.2 Å². The van der Waals surface area contributed by atoms with Crippen molar-refractivity contribution in [3.63, 3.8) is 0 Å². The number of ether oxygens (including phenoxy) is 2. The highest BCUT2D eigenvalue weighted by Crippen LogP contribution is 2.32. The van der Waals surface area contributed by atoms with E-state index in [1.54, 1.807) is 42.5 Å². The Bertz CT molecular complexity index is 1120. The maximum Gasteiger partial charge on any atom is 0.293 e. The van der Waals surface area contributed by atoms with Crippen molar-refractivity contribution in [3.8, 4) is 11.5 Å². The number of rotatable bonds is 9. The van der Waals surface area contributed by atoms with Crippen molar-refractivity contribution in [1.29, 1.82) is 0 Å². The minimum Gasteiger partial charge on any atom is -0.493 e. The molecule has 172 valence electrons. The van der Waals surface area contributed by atoms with Gasteiger partial charge in [-0.3, -0.25) is 24.1 Å². The Morgan fingerprint density at radius 2 is 1.85 bits per heavy atom. The van der Waals surface area contributed by atoms with Gasteiger partial charge in [0.15, 0.2) is 23.9 Å². The van der Waals surface area contributed by atoms with Crippen LogP contribution in [0.15, 0.2) is 47.4 Å². The average molecular weight is 489 g/mol. The average Bonchev–Trinajstić information content (AvgIpc) is 3.06. The number of benzene rings is 2. The van der Waals surface area contributed by atoms with Crippen LogP contribution >= 0.6 is 23.4 Å². The first kappa shape index (κ1) is 24.3. The molecule has 1 saturated heterocycles. The van der Waals surface area contributed by atoms with Gasteiger partial charge in [-0.25, -0.2) is 0 Å². The van der Waals surface area contributed by atoms with Crippen molar-refractivity contribution in [1.82, 2.24) is 10.2 Å². The molecule has 1 heterocycles. The Hall–Kier alpha value is -3.30. The Balaban J connectivity index is 1.49. The largest absolute Gasteiger partial charge is 0.493 e. The minimum atomic E-state index is -0.434. The topological polar surface area (TPSA) is 102 Å². The van der Waals surface area contributed by atoms with Crippen molar-refractivity contribution in [2.24, 2.45) is 0 Å². The maximum absolute atomic E-state index is 12.5. The van der Waals surface area contributed by atoms with Gasteiger partial charge in [-0.1, -0.05) is 23.7 Å². The highest BCUT2D eigenvalue weighted by Gasteiger charge is 2.34. The molecular formula is C23H21ClN2O6S. The zero-order valence-corrected chi connectivity index (χ0v) is 19.5. The van der Waals surface area contributed by atoms with Gasteiger partial charge in [-0.2, -0.15) is 0 Å². The summed E-state index contributed by atoms with van der Waals surface area (Å²) in [6.07, 6.45) is 1.62. The number of hydrogen-bond donors (Lipinski definition) is 1. The molecule has 10 heteroatoms. The van der Waals surface area contributed by atoms with Crippen molar-refractivity contribution < 1.29 is 28.7 Å². The molecule has 2 aromatic rings. The van der Waals surface area contributed by atoms with E-state index in [0.29, 0.717) is 27.0 Å². The zero-order chi connectivity index (χ0) is 24.0. The number of thioether (sulfide) groups is 1. The van der Waals surface area contributed by atoms with E-state index >= 15 is 0 Å². The monoisotopic (exact) mass is 488 g/mol. The van der Waals surface area contributed by atoms with Crippen LogP contribution in [0.5, 0.6) is 11.5 Å². The van der Waals surface area contributed by atoms with Gasteiger partial charge in [0, 0.05) is 23.7 Å². The van der Waals surface area contributed by atoms with Crippen LogP contribution in [0, 0.1) is 0 Å². The first-order valence-corrected chi connectivity index (χ1v) is 11.1. The van der Waals surface area contributed by atoms with E-state index < -0.39 is 17.1 Å². The third-order valence-corrected chi connectivity index (χ3v) is 5.79. The van der Waals surface area contributed by atoms with E-state index in [1.165, 1.54) is 20.1 Å². The minimum absolute atomic E-state index is 0.0327. The van der Waals surface area contributed by atoms with Crippen LogP contribution in [0.4, 0.5) is 4.79 Å². The molecule has 0 spiro atoms. The lowest BCUT2D eigenvalue weighted by molar-refractivity contribution is -0.125. The van der Waals surface area contributed by atoms with Gasteiger partial charge in [0.1, 0.15) is 0 Å². The Labute approximate surface area is 199 Å². The number of Topliss-reactive ketones (excluding diaryl/α,β-unsaturated/α-hetero) is 1. The summed E-state index contributed by atoms with van der Waals surface area (Å²) >= 11 is 6.70. The van der Waals surface area contributed by atoms with Crippen molar-refractivity contribution >= 4 is 52.3 Å². The van der Waals surface area contributed by atoms with Gasteiger partial charge in [0.25, 0.3) is 17.1 Å². The van der Waals surface area contributed by atoms with Gasteiger partial charge in [-0.15, -0.1) is 0 Å². The summed E-state index contributed by atoms with van der Waals surface area (Å²) in [6, 6.07) is 11.6. The summed E-state index contributed by atoms with van der Waals surface area (Å²) in [5.41, 5.74) is 1.22. The number of imide groups is 1. The van der Waals surface area contributed by atoms with E-state index in [4.69, 9.17) is 21.1 Å². The number of amides is 3. The lowest BCUT2D eigenvalue weighted by Gasteiger charge is -2.14. The van der Waals surface area contributed by atoms with Crippen LogP contribution in [0.25, 0.3) is 6.08 Å². The molecule has 1 N–H and O–H groups in total. The molecule has 0 aliphatic carbocycles. The smallest absolute Gasteiger partial charge is 0.293 e. The normalized spacial score (nSPS) is 14.5. The number of nitrogens with zero attached hydrogens (tertiary/aromatic N) is 1. The second kappa shape index (κ2) is 11.0. The summed E-state index contributed by atoms with van der Waals surface area (Å²) in [5, 5.41) is 2.78. The number of carbonyl (C=O) groups excluding carboxylic acids is 4. The second-order valence-electron chi connectivity index (χ2n) is 6.95. The molecule has 0 radical (unpaired) electrons. The standard InChI is InChI=1S/C23H21ClN2O6S/c1-14(27)16-5-8-18(19(12-16)31-2)32-13-21(28)25-9-10-26-22(29)20(33-23(26)30)11-15-3-6-17(24)7-4-15/h3-8,11-12H,9-10,13H2,1-2H3,(H,25,28). The van der Waals surface area contributed by atoms with E-state index in [1.807, 2.05) is 0 Å². The molecule has 0 unspecified atom stereocenters. The van der Waals surface area contributed by atoms with Crippen LogP contribution in [0.3, 0.4) is 0 Å². The van der Waals surface area contributed by atoms with Gasteiger partial charge in [-0.05, 0) is 60.7 Å². The van der Waals surface area contributed by atoms with Crippen LogP contribution in [0.2, 0.25) is 5.02 Å². The number of carbonyl (C=O) groups is 4. The summed E-state index contributed by atoms with van der Waals surface area (Å²) in [4.78, 5) is 49.7. The predicted octanol–water partition coefficient (Wildman–Crippen LogP) is 3.78. The number of halogens is 1. The quantitative estimate of drug-likeness (QED) is 0.423. The molecule has 3 amide bonds. The summed E-state index contributed by atoms with van der Waals surface area (Å²) in [7, 11) is 1.43. The molecule has 1 aliphatic heterocycles. The Kier molecular flexibility index (Phi) is 8.13. The van der Waals surface area contributed by atoms with Crippen molar-refractivity contribution in [3.05, 3.63) is 63.5 Å². The number of hydrogen-bond acceptors (Lipinski definition) is 7. The fourth-order valence-corrected chi connectivity index (χ4v) is 3.90. The molecule has 8 nitrogen and oxygen atoms in total. The van der Waals surface area contributed by atoms with Gasteiger partial charge in [0.05, 0.1) is 12.0 Å². The molecule has 1 fully saturated rings. The highest BCUT2D eigenvalue weighted by molar-refractivity contribution is 8.18. The number of nitrogens with one attached hydrogen (secondary N) is 1. The molecule has 0 saturated carbocycles. The SMILES string of the molecule is COc1cc(C(C)=O)ccc1OCC(=O)NCCN1C(=O)SC(=Cc2ccc(Cl)cc2)C1=O. The number of ketones is 1. The van der Waals surface area contributed by atoms with Crippen LogP contribution in [0.1, 0.15) is 22.8 Å². The highest BCUT2D eigenvalue weighted by atomic mass is 35.5. The molecule has 0 atom stereocenters. The summed E-state index contributed by atoms with van der Waals surface area (Å²) in [6.45, 7) is 1.25. The molecular weight excluding hydrogens is 468 g/mol. The molecule has 0 bridgehead atoms. The first-order chi connectivity index (χ1) is 15.8. The second-order valence-corrected chi connectivity index (χ2v) is 8.37. The fraction of sp³-hybridized carbons (Fsp3) is 0.217. The van der Waals surface area contributed by atoms with Crippen LogP contribution in [-0.4, -0.2) is 54.5 Å². The zero-order valence-electron chi connectivity index (χ0n) is 17.9. The first-order valence-electron chi connectivity index (χ1n) is 9.88. The van der Waals surface area contributed by atoms with E-state index in [2.05, 4.69) is 5.32 Å². The maximum atomic E-state index is 12.5. The molecule has 33 heavy (non-hydrogen) atoms. The molecule has 2 aromatic carbocycles. The van der Waals surface area contributed by atoms with Gasteiger partial charge >= 0.3 is 0 Å². The third kappa shape index (κ3) is 6.36. The number of methoxy groups -OCH3 is 1. The molecule has 3 rings (SSSR count). The van der Waals surface area contributed by atoms with Crippen LogP contribution < -0.4 is 14.8 Å². The Morgan fingerprint density at radius 1 is 1.12 bits per heavy atom. The van der Waals surface area contributed by atoms with Gasteiger partial charge in [0.2, 0.25) is 0 Å². The van der Waals surface area contributed by atoms with Gasteiger partial charge < -0.3 is 14.8 Å². The van der Waals surface area contributed by atoms with Crippen molar-refractivity contribution in [2.45, 2.75) is 6.92 Å². The lowest BCUT2D eigenvalue weighted by atomic mass is 10.1. The Morgan fingerprint density at radius 3 is 2.52 bits per heavy atom. The molecule has 0 aromatic heterocycles. The fourth-order valence-electron chi connectivity index (χ4n) is 2.91. The van der Waals surface area contributed by atoms with Crippen molar-refractivity contribution in [2.75, 3.05) is 26.8 Å². The predicted molar refractivity (Wildman–Crippen MR) is 126 cm³/mol. The third-order valence-electron chi connectivity index (χ3n) is 4.63. The van der Waals surface area contributed by atoms with E-state index in [0.717, 1.165) is 22.2 Å². The summed E-state index contributed by atoms with van der Waals surface area (Å²) < 4.78 is 10.7. The lowest BCUT2D eigenvalue weighted by Crippen LogP contribution is -2.38. The van der Waals surface area contributed by atoms with Crippen LogP contribution in [-0.2, 0) is 9.59 Å². The van der Waals surface area contributed by atoms with E-state index in [-0.39, 0.29) is 25.5 Å².